The molecule has 2 saturated carbocycles. The Morgan fingerprint density at radius 1 is 1.05 bits per heavy atom. The van der Waals surface area contributed by atoms with Gasteiger partial charge in [0.25, 0.3) is 0 Å². The SMILES string of the molecule is CCCNC1CCOC2(CCC3(CCCC3)CC2)C1. The normalized spacial score (nSPS) is 33.0. The first-order valence-electron chi connectivity index (χ1n) is 8.63. The molecule has 0 aromatic rings. The first-order chi connectivity index (χ1) is 9.26. The molecule has 1 aliphatic heterocycles. The van der Waals surface area contributed by atoms with E-state index in [9.17, 15) is 0 Å². The van der Waals surface area contributed by atoms with Crippen LogP contribution in [0.3, 0.4) is 0 Å². The van der Waals surface area contributed by atoms with Crippen LogP contribution in [0.1, 0.15) is 77.6 Å². The average molecular weight is 265 g/mol. The van der Waals surface area contributed by atoms with Crippen molar-refractivity contribution in [1.29, 1.82) is 0 Å². The van der Waals surface area contributed by atoms with Crippen LogP contribution in [0.2, 0.25) is 0 Å². The van der Waals surface area contributed by atoms with E-state index in [1.54, 1.807) is 0 Å². The topological polar surface area (TPSA) is 21.3 Å². The summed E-state index contributed by atoms with van der Waals surface area (Å²) in [6.45, 7) is 4.41. The molecule has 3 aliphatic rings. The van der Waals surface area contributed by atoms with E-state index in [4.69, 9.17) is 4.74 Å². The number of ether oxygens (including phenoxy) is 1. The molecule has 0 aromatic heterocycles. The summed E-state index contributed by atoms with van der Waals surface area (Å²) in [5.74, 6) is 0. The monoisotopic (exact) mass is 265 g/mol. The van der Waals surface area contributed by atoms with Gasteiger partial charge in [-0.2, -0.15) is 0 Å². The highest BCUT2D eigenvalue weighted by atomic mass is 16.5. The van der Waals surface area contributed by atoms with Gasteiger partial charge in [-0.3, -0.25) is 0 Å². The van der Waals surface area contributed by atoms with Crippen molar-refractivity contribution >= 4 is 0 Å². The summed E-state index contributed by atoms with van der Waals surface area (Å²) in [6.07, 6.45) is 15.2. The Bertz CT molecular complexity index is 286. The molecule has 1 saturated heterocycles. The van der Waals surface area contributed by atoms with E-state index in [1.165, 1.54) is 77.2 Å². The molecule has 1 unspecified atom stereocenters. The molecule has 1 N–H and O–H groups in total. The maximum atomic E-state index is 6.28. The molecular formula is C17H31NO. The van der Waals surface area contributed by atoms with Gasteiger partial charge in [-0.25, -0.2) is 0 Å². The number of hydrogen-bond acceptors (Lipinski definition) is 2. The van der Waals surface area contributed by atoms with E-state index in [0.717, 1.165) is 12.0 Å². The summed E-state index contributed by atoms with van der Waals surface area (Å²) in [6, 6.07) is 0.714. The Hall–Kier alpha value is -0.0800. The predicted octanol–water partition coefficient (Wildman–Crippen LogP) is 4.04. The minimum Gasteiger partial charge on any atom is -0.375 e. The first kappa shape index (κ1) is 13.9. The van der Waals surface area contributed by atoms with E-state index in [-0.39, 0.29) is 5.60 Å². The van der Waals surface area contributed by atoms with E-state index in [0.29, 0.717) is 6.04 Å². The third-order valence-corrected chi connectivity index (χ3v) is 6.06. The highest BCUT2D eigenvalue weighted by Gasteiger charge is 2.46. The Morgan fingerprint density at radius 2 is 1.79 bits per heavy atom. The maximum absolute atomic E-state index is 6.28. The van der Waals surface area contributed by atoms with Crippen LogP contribution in [0.4, 0.5) is 0 Å². The largest absolute Gasteiger partial charge is 0.375 e. The lowest BCUT2D eigenvalue weighted by Crippen LogP contribution is -2.50. The first-order valence-corrected chi connectivity index (χ1v) is 8.63. The van der Waals surface area contributed by atoms with Gasteiger partial charge in [0.05, 0.1) is 5.60 Å². The summed E-state index contributed by atoms with van der Waals surface area (Å²) >= 11 is 0. The van der Waals surface area contributed by atoms with Crippen LogP contribution < -0.4 is 5.32 Å². The second kappa shape index (κ2) is 5.73. The summed E-state index contributed by atoms with van der Waals surface area (Å²) in [5.41, 5.74) is 0.982. The number of rotatable bonds is 3. The van der Waals surface area contributed by atoms with E-state index in [1.807, 2.05) is 0 Å². The molecule has 2 nitrogen and oxygen atoms in total. The van der Waals surface area contributed by atoms with Crippen molar-refractivity contribution in [3.63, 3.8) is 0 Å². The third kappa shape index (κ3) is 3.00. The van der Waals surface area contributed by atoms with Gasteiger partial charge in [0.15, 0.2) is 0 Å². The zero-order valence-corrected chi connectivity index (χ0v) is 12.7. The summed E-state index contributed by atoms with van der Waals surface area (Å²) in [5, 5.41) is 3.72. The van der Waals surface area contributed by atoms with Gasteiger partial charge in [-0.15, -0.1) is 0 Å². The molecule has 19 heavy (non-hydrogen) atoms. The van der Waals surface area contributed by atoms with Crippen LogP contribution in [-0.4, -0.2) is 24.8 Å². The van der Waals surface area contributed by atoms with Crippen LogP contribution in [0.25, 0.3) is 0 Å². The minimum atomic E-state index is 0.248. The summed E-state index contributed by atoms with van der Waals surface area (Å²) in [7, 11) is 0. The molecule has 3 fully saturated rings. The fourth-order valence-electron chi connectivity index (χ4n) is 4.76. The smallest absolute Gasteiger partial charge is 0.0697 e. The maximum Gasteiger partial charge on any atom is 0.0697 e. The fourth-order valence-corrected chi connectivity index (χ4v) is 4.76. The van der Waals surface area contributed by atoms with Gasteiger partial charge < -0.3 is 10.1 Å². The van der Waals surface area contributed by atoms with Gasteiger partial charge in [-0.05, 0) is 69.7 Å². The number of hydrogen-bond donors (Lipinski definition) is 1. The van der Waals surface area contributed by atoms with Crippen molar-refractivity contribution in [3.8, 4) is 0 Å². The zero-order valence-electron chi connectivity index (χ0n) is 12.7. The highest BCUT2D eigenvalue weighted by Crippen LogP contribution is 2.53. The van der Waals surface area contributed by atoms with E-state index in [2.05, 4.69) is 12.2 Å². The molecule has 110 valence electrons. The Kier molecular flexibility index (Phi) is 4.19. The van der Waals surface area contributed by atoms with Gasteiger partial charge >= 0.3 is 0 Å². The molecule has 0 amide bonds. The molecule has 1 heterocycles. The lowest BCUT2D eigenvalue weighted by atomic mass is 9.65. The molecule has 3 rings (SSSR count). The second-order valence-corrected chi connectivity index (χ2v) is 7.38. The molecule has 2 heteroatoms. The van der Waals surface area contributed by atoms with Crippen LogP contribution in [0, 0.1) is 5.41 Å². The molecule has 0 radical (unpaired) electrons. The molecule has 1 atom stereocenters. The lowest BCUT2D eigenvalue weighted by molar-refractivity contribution is -0.125. The number of nitrogens with one attached hydrogen (secondary N) is 1. The van der Waals surface area contributed by atoms with Crippen LogP contribution in [0.5, 0.6) is 0 Å². The molecule has 2 spiro atoms. The van der Waals surface area contributed by atoms with Crippen LogP contribution in [0.15, 0.2) is 0 Å². The summed E-state index contributed by atoms with van der Waals surface area (Å²) in [4.78, 5) is 0. The standard InChI is InChI=1S/C17H31NO/c1-2-12-18-15-5-13-19-17(14-15)10-8-16(9-11-17)6-3-4-7-16/h15,18H,2-14H2,1H3. The van der Waals surface area contributed by atoms with Crippen molar-refractivity contribution in [2.45, 2.75) is 89.2 Å². The molecular weight excluding hydrogens is 234 g/mol. The zero-order chi connectivity index (χ0) is 13.2. The minimum absolute atomic E-state index is 0.248. The predicted molar refractivity (Wildman–Crippen MR) is 79.4 cm³/mol. The average Bonchev–Trinajstić information content (AvgIpc) is 2.90. The van der Waals surface area contributed by atoms with Crippen molar-refractivity contribution in [2.24, 2.45) is 5.41 Å². The Morgan fingerprint density at radius 3 is 2.47 bits per heavy atom. The van der Waals surface area contributed by atoms with E-state index < -0.39 is 0 Å². The van der Waals surface area contributed by atoms with Gasteiger partial charge in [0.1, 0.15) is 0 Å². The second-order valence-electron chi connectivity index (χ2n) is 7.38. The van der Waals surface area contributed by atoms with Gasteiger partial charge in [-0.1, -0.05) is 19.8 Å². The van der Waals surface area contributed by atoms with E-state index >= 15 is 0 Å². The Labute approximate surface area is 118 Å². The van der Waals surface area contributed by atoms with Crippen molar-refractivity contribution in [3.05, 3.63) is 0 Å². The molecule has 0 aromatic carbocycles. The fraction of sp³-hybridized carbons (Fsp3) is 1.00. The van der Waals surface area contributed by atoms with Crippen molar-refractivity contribution < 1.29 is 4.74 Å². The summed E-state index contributed by atoms with van der Waals surface area (Å²) < 4.78 is 6.28. The van der Waals surface area contributed by atoms with Gasteiger partial charge in [0, 0.05) is 12.6 Å². The quantitative estimate of drug-likeness (QED) is 0.831. The van der Waals surface area contributed by atoms with Crippen LogP contribution >= 0.6 is 0 Å². The van der Waals surface area contributed by atoms with Gasteiger partial charge in [0.2, 0.25) is 0 Å². The highest BCUT2D eigenvalue weighted by molar-refractivity contribution is 4.99. The third-order valence-electron chi connectivity index (χ3n) is 6.06. The Balaban J connectivity index is 1.55. The lowest BCUT2D eigenvalue weighted by Gasteiger charge is -2.48. The molecule has 0 bridgehead atoms. The van der Waals surface area contributed by atoms with Crippen LogP contribution in [-0.2, 0) is 4.74 Å². The molecule has 2 aliphatic carbocycles. The van der Waals surface area contributed by atoms with Crippen molar-refractivity contribution in [2.75, 3.05) is 13.2 Å². The van der Waals surface area contributed by atoms with Crippen molar-refractivity contribution in [1.82, 2.24) is 5.32 Å².